The summed E-state index contributed by atoms with van der Waals surface area (Å²) in [6, 6.07) is 8.10. The summed E-state index contributed by atoms with van der Waals surface area (Å²) < 4.78 is 58.0. The number of nitrogens with zero attached hydrogens (tertiary/aromatic N) is 6. The SMILES string of the molecule is [2H]C([2H])([2H])N1C(=O)c2cccc(OC(F)F)c2[C@H]2C[C@@H]1c1nc3ccc(-c4cnc(N5CCNC(=O)CC5)nc4)cc3n12. The minimum Gasteiger partial charge on any atom is -0.434 e. The first-order chi connectivity index (χ1) is 20.6. The van der Waals surface area contributed by atoms with Crippen molar-refractivity contribution in [3.05, 3.63) is 65.7 Å². The highest BCUT2D eigenvalue weighted by atomic mass is 19.3. The molecule has 2 amide bonds. The van der Waals surface area contributed by atoms with Crippen LogP contribution in [0.25, 0.3) is 22.2 Å². The molecule has 3 aliphatic heterocycles. The number of alkyl halides is 2. The van der Waals surface area contributed by atoms with Crippen molar-refractivity contribution in [1.82, 2.24) is 29.7 Å². The molecule has 2 atom stereocenters. The fourth-order valence-corrected chi connectivity index (χ4v) is 5.89. The highest BCUT2D eigenvalue weighted by Crippen LogP contribution is 2.50. The molecule has 2 aromatic heterocycles. The first-order valence-electron chi connectivity index (χ1n) is 14.4. The van der Waals surface area contributed by atoms with Gasteiger partial charge in [0.2, 0.25) is 11.9 Å². The molecule has 7 rings (SSSR count). The molecule has 12 heteroatoms. The summed E-state index contributed by atoms with van der Waals surface area (Å²) in [5.74, 6) is -0.118. The third kappa shape index (κ3) is 3.85. The second-order valence-electron chi connectivity index (χ2n) is 9.94. The fraction of sp³-hybridized carbons (Fsp3) is 0.321. The zero-order valence-corrected chi connectivity index (χ0v) is 21.1. The molecule has 1 N–H and O–H groups in total. The molecule has 2 aromatic carbocycles. The van der Waals surface area contributed by atoms with E-state index in [1.807, 2.05) is 21.6 Å². The largest absolute Gasteiger partial charge is 0.434 e. The fourth-order valence-electron chi connectivity index (χ4n) is 5.89. The molecule has 5 heterocycles. The number of benzene rings is 2. The molecule has 2 bridgehead atoms. The molecule has 4 aromatic rings. The number of ether oxygens (including phenoxy) is 1. The van der Waals surface area contributed by atoms with Gasteiger partial charge in [0.15, 0.2) is 0 Å². The van der Waals surface area contributed by atoms with Gasteiger partial charge in [0, 0.05) is 72.6 Å². The van der Waals surface area contributed by atoms with Crippen LogP contribution in [0.3, 0.4) is 0 Å². The molecular formula is C28H25F2N7O3. The van der Waals surface area contributed by atoms with Crippen molar-refractivity contribution in [2.75, 3.05) is 31.5 Å². The first kappa shape index (κ1) is 21.2. The predicted molar refractivity (Wildman–Crippen MR) is 141 cm³/mol. The van der Waals surface area contributed by atoms with Crippen molar-refractivity contribution in [1.29, 1.82) is 0 Å². The lowest BCUT2D eigenvalue weighted by Crippen LogP contribution is -2.30. The number of rotatable bonds is 4. The summed E-state index contributed by atoms with van der Waals surface area (Å²) in [5.41, 5.74) is 2.87. The minimum atomic E-state index is -3.14. The number of hydrogen-bond donors (Lipinski definition) is 1. The number of hydrogen-bond acceptors (Lipinski definition) is 7. The summed E-state index contributed by atoms with van der Waals surface area (Å²) in [7, 11) is 0. The summed E-state index contributed by atoms with van der Waals surface area (Å²) in [5, 5.41) is 2.83. The quantitative estimate of drug-likeness (QED) is 0.416. The summed E-state index contributed by atoms with van der Waals surface area (Å²) >= 11 is 0. The van der Waals surface area contributed by atoms with Crippen LogP contribution in [0.5, 0.6) is 5.75 Å². The number of aromatic nitrogens is 4. The highest BCUT2D eigenvalue weighted by Gasteiger charge is 2.45. The number of carbonyl (C=O) groups is 2. The highest BCUT2D eigenvalue weighted by molar-refractivity contribution is 5.98. The van der Waals surface area contributed by atoms with Gasteiger partial charge in [-0.2, -0.15) is 8.78 Å². The maximum absolute atomic E-state index is 13.6. The van der Waals surface area contributed by atoms with Crippen molar-refractivity contribution >= 4 is 28.8 Å². The minimum absolute atomic E-state index is 0.000156. The van der Waals surface area contributed by atoms with Crippen molar-refractivity contribution in [3.63, 3.8) is 0 Å². The molecule has 40 heavy (non-hydrogen) atoms. The van der Waals surface area contributed by atoms with Gasteiger partial charge < -0.3 is 24.4 Å². The molecule has 204 valence electrons. The summed E-state index contributed by atoms with van der Waals surface area (Å²) in [6.07, 6.45) is 3.86. The van der Waals surface area contributed by atoms with E-state index in [-0.39, 0.29) is 29.2 Å². The van der Waals surface area contributed by atoms with Crippen molar-refractivity contribution in [2.24, 2.45) is 0 Å². The molecule has 10 nitrogen and oxygen atoms in total. The lowest BCUT2D eigenvalue weighted by Gasteiger charge is -2.24. The van der Waals surface area contributed by atoms with Gasteiger partial charge in [-0.05, 0) is 29.8 Å². The number of halogens is 2. The van der Waals surface area contributed by atoms with Gasteiger partial charge in [-0.3, -0.25) is 9.59 Å². The Balaban J connectivity index is 1.33. The second kappa shape index (κ2) is 9.25. The monoisotopic (exact) mass is 548 g/mol. The second-order valence-corrected chi connectivity index (χ2v) is 9.94. The Bertz CT molecular complexity index is 1760. The Morgan fingerprint density at radius 1 is 1.10 bits per heavy atom. The van der Waals surface area contributed by atoms with E-state index in [0.717, 1.165) is 10.5 Å². The van der Waals surface area contributed by atoms with Crippen LogP contribution in [-0.4, -0.2) is 69.5 Å². The predicted octanol–water partition coefficient (Wildman–Crippen LogP) is 3.54. The number of carbonyl (C=O) groups excluding carboxylic acids is 2. The van der Waals surface area contributed by atoms with Crippen LogP contribution in [0.4, 0.5) is 14.7 Å². The van der Waals surface area contributed by atoms with Crippen LogP contribution < -0.4 is 15.0 Å². The molecular weight excluding hydrogens is 520 g/mol. The zero-order chi connectivity index (χ0) is 30.0. The summed E-state index contributed by atoms with van der Waals surface area (Å²) in [4.78, 5) is 41.8. The molecule has 1 fully saturated rings. The normalized spacial score (nSPS) is 21.7. The van der Waals surface area contributed by atoms with Crippen LogP contribution in [-0.2, 0) is 4.79 Å². The van der Waals surface area contributed by atoms with Gasteiger partial charge in [-0.15, -0.1) is 0 Å². The lowest BCUT2D eigenvalue weighted by molar-refractivity contribution is -0.120. The maximum atomic E-state index is 13.6. The topological polar surface area (TPSA) is 105 Å². The molecule has 3 aliphatic rings. The zero-order valence-electron chi connectivity index (χ0n) is 24.1. The third-order valence-corrected chi connectivity index (χ3v) is 7.72. The van der Waals surface area contributed by atoms with Crippen molar-refractivity contribution in [2.45, 2.75) is 31.5 Å². The number of amides is 2. The van der Waals surface area contributed by atoms with Gasteiger partial charge in [-0.25, -0.2) is 15.0 Å². The van der Waals surface area contributed by atoms with Gasteiger partial charge in [0.05, 0.1) is 23.1 Å². The smallest absolute Gasteiger partial charge is 0.387 e. The van der Waals surface area contributed by atoms with E-state index in [1.165, 1.54) is 18.2 Å². The molecule has 1 saturated heterocycles. The number of anilines is 1. The lowest BCUT2D eigenvalue weighted by atomic mass is 9.97. The van der Waals surface area contributed by atoms with E-state index in [2.05, 4.69) is 15.3 Å². The number of imidazole rings is 1. The van der Waals surface area contributed by atoms with E-state index in [9.17, 15) is 18.4 Å². The van der Waals surface area contributed by atoms with Gasteiger partial charge in [0.25, 0.3) is 5.91 Å². The van der Waals surface area contributed by atoms with E-state index < -0.39 is 31.6 Å². The van der Waals surface area contributed by atoms with Crippen LogP contribution >= 0.6 is 0 Å². The Kier molecular flexibility index (Phi) is 4.91. The summed E-state index contributed by atoms with van der Waals surface area (Å²) in [6.45, 7) is -4.33. The Morgan fingerprint density at radius 2 is 1.95 bits per heavy atom. The van der Waals surface area contributed by atoms with Crippen molar-refractivity contribution < 1.29 is 27.2 Å². The van der Waals surface area contributed by atoms with Crippen LogP contribution in [0, 0.1) is 0 Å². The van der Waals surface area contributed by atoms with Crippen LogP contribution in [0.15, 0.2) is 48.8 Å². The average molecular weight is 549 g/mol. The molecule has 0 unspecified atom stereocenters. The molecule has 0 radical (unpaired) electrons. The third-order valence-electron chi connectivity index (χ3n) is 7.72. The van der Waals surface area contributed by atoms with Crippen LogP contribution in [0.2, 0.25) is 0 Å². The van der Waals surface area contributed by atoms with Gasteiger partial charge >= 0.3 is 6.61 Å². The van der Waals surface area contributed by atoms with Gasteiger partial charge in [-0.1, -0.05) is 12.1 Å². The standard InChI is InChI=1S/C28H25F2N7O3/c1-35-21-12-20(24-17(26(35)39)3-2-4-22(24)40-27(29)30)37-19-11-15(5-6-18(19)34-25(21)37)16-13-32-28(33-14-16)36-9-7-23(38)31-8-10-36/h2-6,11,13-14,20-21,27H,7-10,12H2,1H3,(H,31,38)/t20-,21-/m1/s1/i1D3. The Hall–Kier alpha value is -4.61. The Labute approximate surface area is 231 Å². The van der Waals surface area contributed by atoms with Crippen LogP contribution in [0.1, 0.15) is 50.8 Å². The van der Waals surface area contributed by atoms with Gasteiger partial charge in [0.1, 0.15) is 11.6 Å². The van der Waals surface area contributed by atoms with E-state index in [0.29, 0.717) is 54.4 Å². The number of fused-ring (bicyclic) bond motifs is 9. The Morgan fingerprint density at radius 3 is 2.75 bits per heavy atom. The molecule has 0 spiro atoms. The van der Waals surface area contributed by atoms with Crippen molar-refractivity contribution in [3.8, 4) is 16.9 Å². The van der Waals surface area contributed by atoms with E-state index >= 15 is 0 Å². The first-order valence-corrected chi connectivity index (χ1v) is 12.9. The molecule has 0 saturated carbocycles. The van der Waals surface area contributed by atoms with E-state index in [1.54, 1.807) is 18.5 Å². The molecule has 0 aliphatic carbocycles. The average Bonchev–Trinajstić information content (AvgIpc) is 3.36. The maximum Gasteiger partial charge on any atom is 0.387 e. The number of nitrogens with one attached hydrogen (secondary N) is 1. The van der Waals surface area contributed by atoms with E-state index in [4.69, 9.17) is 13.8 Å².